The normalized spacial score (nSPS) is 17.4. The minimum atomic E-state index is 0.743. The molecule has 1 aliphatic rings. The minimum absolute atomic E-state index is 0.743. The van der Waals surface area contributed by atoms with Crippen molar-refractivity contribution < 1.29 is 0 Å². The lowest BCUT2D eigenvalue weighted by atomic mass is 9.70. The molecule has 1 aliphatic carbocycles. The molecule has 3 heterocycles. The summed E-state index contributed by atoms with van der Waals surface area (Å²) in [7, 11) is 0. The zero-order valence-electron chi connectivity index (χ0n) is 30.6. The van der Waals surface area contributed by atoms with Crippen LogP contribution in [0.25, 0.3) is 33.8 Å². The Morgan fingerprint density at radius 1 is 0.392 bits per heavy atom. The monoisotopic (exact) mass is 669 g/mol. The third kappa shape index (κ3) is 8.89. The molecule has 0 spiro atoms. The van der Waals surface area contributed by atoms with Crippen LogP contribution >= 0.6 is 0 Å². The van der Waals surface area contributed by atoms with Crippen LogP contribution in [-0.4, -0.2) is 15.0 Å². The van der Waals surface area contributed by atoms with Gasteiger partial charge in [0.2, 0.25) is 0 Å². The van der Waals surface area contributed by atoms with Crippen molar-refractivity contribution in [2.24, 2.45) is 17.8 Å². The van der Waals surface area contributed by atoms with E-state index in [4.69, 9.17) is 15.0 Å². The van der Waals surface area contributed by atoms with Crippen LogP contribution in [0.1, 0.15) is 71.9 Å². The summed E-state index contributed by atoms with van der Waals surface area (Å²) < 4.78 is 0. The van der Waals surface area contributed by atoms with Gasteiger partial charge in [-0.3, -0.25) is 15.0 Å². The maximum Gasteiger partial charge on any atom is 0.0704 e. The fourth-order valence-corrected chi connectivity index (χ4v) is 8.30. The van der Waals surface area contributed by atoms with E-state index in [1.807, 2.05) is 0 Å². The van der Waals surface area contributed by atoms with Crippen LogP contribution in [0.15, 0.2) is 128 Å². The fourth-order valence-electron chi connectivity index (χ4n) is 8.30. The Kier molecular flexibility index (Phi) is 11.1. The van der Waals surface area contributed by atoms with Crippen molar-refractivity contribution in [3.63, 3.8) is 0 Å². The van der Waals surface area contributed by atoms with Crippen molar-refractivity contribution in [1.82, 2.24) is 15.0 Å². The van der Waals surface area contributed by atoms with E-state index in [0.29, 0.717) is 0 Å². The van der Waals surface area contributed by atoms with Gasteiger partial charge in [-0.15, -0.1) is 0 Å². The summed E-state index contributed by atoms with van der Waals surface area (Å²) in [5.41, 5.74) is 14.7. The molecular weight excluding hydrogens is 619 g/mol. The van der Waals surface area contributed by atoms with E-state index >= 15 is 0 Å². The standard InChI is InChI=1S/C48H51N3/c1-34-10-4-7-13-43(34)46-25-22-37(31-49-46)16-19-40-28-41(20-17-38-23-26-47(50-32-38)44-14-8-5-11-35(44)2)30-42(29-40)21-18-39-24-27-48(51-33-39)45-15-9-6-12-36(45)3/h4-15,22-27,31-33,40-42H,16-21,28-30H2,1-3H3/t40-,41+,42-. The molecule has 3 heteroatoms. The molecule has 0 saturated heterocycles. The summed E-state index contributed by atoms with van der Waals surface area (Å²) in [6.45, 7) is 6.49. The van der Waals surface area contributed by atoms with Gasteiger partial charge in [0.1, 0.15) is 0 Å². The number of nitrogens with zero attached hydrogens (tertiary/aromatic N) is 3. The predicted molar refractivity (Wildman–Crippen MR) is 213 cm³/mol. The van der Waals surface area contributed by atoms with Crippen molar-refractivity contribution in [1.29, 1.82) is 0 Å². The van der Waals surface area contributed by atoms with E-state index in [0.717, 1.165) is 54.1 Å². The largest absolute Gasteiger partial charge is 0.256 e. The van der Waals surface area contributed by atoms with Gasteiger partial charge in [0.05, 0.1) is 17.1 Å². The van der Waals surface area contributed by atoms with Crippen molar-refractivity contribution in [2.45, 2.75) is 78.6 Å². The van der Waals surface area contributed by atoms with Gasteiger partial charge >= 0.3 is 0 Å². The molecular formula is C48H51N3. The maximum atomic E-state index is 4.88. The number of rotatable bonds is 12. The van der Waals surface area contributed by atoms with E-state index in [2.05, 4.69) is 149 Å². The van der Waals surface area contributed by atoms with Crippen LogP contribution < -0.4 is 0 Å². The number of hydrogen-bond acceptors (Lipinski definition) is 3. The zero-order valence-corrected chi connectivity index (χ0v) is 30.6. The van der Waals surface area contributed by atoms with Crippen molar-refractivity contribution >= 4 is 0 Å². The molecule has 0 bridgehead atoms. The zero-order chi connectivity index (χ0) is 35.0. The Bertz CT molecular complexity index is 1770. The lowest BCUT2D eigenvalue weighted by Crippen LogP contribution is -2.24. The third-order valence-corrected chi connectivity index (χ3v) is 11.3. The molecule has 3 aromatic carbocycles. The van der Waals surface area contributed by atoms with Crippen LogP contribution in [0.5, 0.6) is 0 Å². The summed E-state index contributed by atoms with van der Waals surface area (Å²) >= 11 is 0. The summed E-state index contributed by atoms with van der Waals surface area (Å²) in [5.74, 6) is 2.23. The molecule has 0 aliphatic heterocycles. The molecule has 51 heavy (non-hydrogen) atoms. The smallest absolute Gasteiger partial charge is 0.0704 e. The van der Waals surface area contributed by atoms with E-state index in [9.17, 15) is 0 Å². The number of pyridine rings is 3. The Morgan fingerprint density at radius 2 is 0.686 bits per heavy atom. The molecule has 0 unspecified atom stereocenters. The number of aryl methyl sites for hydroxylation is 6. The highest BCUT2D eigenvalue weighted by Crippen LogP contribution is 2.40. The summed E-state index contributed by atoms with van der Waals surface area (Å²) in [6.07, 6.45) is 17.3. The molecule has 3 aromatic heterocycles. The Hall–Kier alpha value is -4.89. The molecule has 6 aromatic rings. The summed E-state index contributed by atoms with van der Waals surface area (Å²) in [6, 6.07) is 39.1. The maximum absolute atomic E-state index is 4.88. The molecule has 1 fully saturated rings. The molecule has 7 rings (SSSR count). The Balaban J connectivity index is 0.996. The van der Waals surface area contributed by atoms with Gasteiger partial charge in [-0.25, -0.2) is 0 Å². The highest BCUT2D eigenvalue weighted by atomic mass is 14.7. The molecule has 0 radical (unpaired) electrons. The average Bonchev–Trinajstić information content (AvgIpc) is 3.17. The first kappa shape index (κ1) is 34.6. The van der Waals surface area contributed by atoms with Crippen LogP contribution in [0, 0.1) is 38.5 Å². The number of hydrogen-bond donors (Lipinski definition) is 0. The van der Waals surface area contributed by atoms with Gasteiger partial charge in [0, 0.05) is 35.3 Å². The van der Waals surface area contributed by atoms with Crippen LogP contribution in [0.2, 0.25) is 0 Å². The highest BCUT2D eigenvalue weighted by Gasteiger charge is 2.28. The van der Waals surface area contributed by atoms with Gasteiger partial charge < -0.3 is 0 Å². The second kappa shape index (κ2) is 16.4. The molecule has 0 N–H and O–H groups in total. The lowest BCUT2D eigenvalue weighted by molar-refractivity contribution is 0.172. The second-order valence-corrected chi connectivity index (χ2v) is 15.0. The van der Waals surface area contributed by atoms with Gasteiger partial charge in [-0.1, -0.05) is 91.0 Å². The highest BCUT2D eigenvalue weighted by molar-refractivity contribution is 5.64. The molecule has 1 saturated carbocycles. The fraction of sp³-hybridized carbons (Fsp3) is 0.312. The van der Waals surface area contributed by atoms with Crippen molar-refractivity contribution in [3.8, 4) is 33.8 Å². The molecule has 3 nitrogen and oxygen atoms in total. The first-order valence-electron chi connectivity index (χ1n) is 19.0. The molecule has 258 valence electrons. The molecule has 0 atom stereocenters. The van der Waals surface area contributed by atoms with Gasteiger partial charge in [0.25, 0.3) is 0 Å². The van der Waals surface area contributed by atoms with E-state index in [-0.39, 0.29) is 0 Å². The van der Waals surface area contributed by atoms with Gasteiger partial charge in [-0.05, 0) is 148 Å². The second-order valence-electron chi connectivity index (χ2n) is 15.0. The van der Waals surface area contributed by atoms with Crippen molar-refractivity contribution in [3.05, 3.63) is 161 Å². The number of aromatic nitrogens is 3. The average molecular weight is 670 g/mol. The summed E-state index contributed by atoms with van der Waals surface area (Å²) in [5, 5.41) is 0. The SMILES string of the molecule is Cc1ccccc1-c1ccc(CC[C@H]2C[C@@H](CCc3ccc(-c4ccccc4C)nc3)C[C@@H](CCc3ccc(-c4ccccc4C)nc3)C2)cn1. The quantitative estimate of drug-likeness (QED) is 0.130. The van der Waals surface area contributed by atoms with E-state index < -0.39 is 0 Å². The summed E-state index contributed by atoms with van der Waals surface area (Å²) in [4.78, 5) is 14.6. The van der Waals surface area contributed by atoms with Gasteiger partial charge in [-0.2, -0.15) is 0 Å². The van der Waals surface area contributed by atoms with Crippen LogP contribution in [0.4, 0.5) is 0 Å². The van der Waals surface area contributed by atoms with E-state index in [1.54, 1.807) is 0 Å². The first-order valence-corrected chi connectivity index (χ1v) is 19.0. The van der Waals surface area contributed by atoms with Crippen molar-refractivity contribution in [2.75, 3.05) is 0 Å². The Morgan fingerprint density at radius 3 is 0.941 bits per heavy atom. The third-order valence-electron chi connectivity index (χ3n) is 11.3. The first-order chi connectivity index (χ1) is 25.0. The predicted octanol–water partition coefficient (Wildman–Crippen LogP) is 12.0. The van der Waals surface area contributed by atoms with Crippen LogP contribution in [0.3, 0.4) is 0 Å². The van der Waals surface area contributed by atoms with Crippen LogP contribution in [-0.2, 0) is 19.3 Å². The Labute approximate surface area is 305 Å². The number of benzene rings is 3. The topological polar surface area (TPSA) is 38.7 Å². The lowest BCUT2D eigenvalue weighted by Gasteiger charge is -2.35. The molecule has 0 amide bonds. The minimum Gasteiger partial charge on any atom is -0.256 e. The van der Waals surface area contributed by atoms with Gasteiger partial charge in [0.15, 0.2) is 0 Å². The van der Waals surface area contributed by atoms with E-state index in [1.165, 1.54) is 88.6 Å².